The lowest BCUT2D eigenvalue weighted by Gasteiger charge is -2.37. The number of guanidine groups is 1. The largest absolute Gasteiger partial charge is 0.497 e. The number of ether oxygens (including phenoxy) is 3. The van der Waals surface area contributed by atoms with Gasteiger partial charge >= 0.3 is 0 Å². The third-order valence-electron chi connectivity index (χ3n) is 6.78. The van der Waals surface area contributed by atoms with E-state index in [9.17, 15) is 0 Å². The molecular weight excluding hydrogens is 492 g/mol. The van der Waals surface area contributed by atoms with Crippen LogP contribution >= 0.6 is 0 Å². The standard InChI is InChI=1S/C30H32N6O3/c1-37-23-12-8-21(9-13-23)25-20-32-30(33-28(25)22-10-14-24(38-2)15-11-22)34-29(31)36-18-16-35(17-19-36)26-6-4-5-7-27(26)39-3/h4-15,20H,16-19H2,1-3H3,(H2,31,32,33,34). The summed E-state index contributed by atoms with van der Waals surface area (Å²) in [5.74, 6) is 3.12. The molecule has 1 aliphatic rings. The highest BCUT2D eigenvalue weighted by molar-refractivity contribution is 5.83. The summed E-state index contributed by atoms with van der Waals surface area (Å²) in [6.07, 6.45) is 1.79. The predicted octanol–water partition coefficient (Wildman–Crippen LogP) is 4.60. The number of hydrogen-bond acceptors (Lipinski definition) is 7. The summed E-state index contributed by atoms with van der Waals surface area (Å²) in [4.78, 5) is 18.3. The molecule has 1 aliphatic heterocycles. The minimum absolute atomic E-state index is 0.308. The first kappa shape index (κ1) is 25.8. The van der Waals surface area contributed by atoms with Gasteiger partial charge < -0.3 is 29.7 Å². The van der Waals surface area contributed by atoms with E-state index >= 15 is 0 Å². The predicted molar refractivity (Wildman–Crippen MR) is 154 cm³/mol. The number of methoxy groups -OCH3 is 3. The maximum Gasteiger partial charge on any atom is 0.253 e. The van der Waals surface area contributed by atoms with E-state index in [4.69, 9.17) is 24.9 Å². The van der Waals surface area contributed by atoms with Gasteiger partial charge in [-0.3, -0.25) is 0 Å². The van der Waals surface area contributed by atoms with Crippen molar-refractivity contribution in [2.45, 2.75) is 0 Å². The first-order valence-corrected chi connectivity index (χ1v) is 12.7. The quantitative estimate of drug-likeness (QED) is 0.277. The van der Waals surface area contributed by atoms with Gasteiger partial charge in [-0.05, 0) is 54.1 Å². The Balaban J connectivity index is 1.40. The van der Waals surface area contributed by atoms with Crippen molar-refractivity contribution in [3.8, 4) is 39.6 Å². The molecule has 0 saturated carbocycles. The van der Waals surface area contributed by atoms with Crippen molar-refractivity contribution in [1.82, 2.24) is 14.9 Å². The van der Waals surface area contributed by atoms with Crippen LogP contribution in [0.1, 0.15) is 0 Å². The zero-order valence-corrected chi connectivity index (χ0v) is 22.4. The van der Waals surface area contributed by atoms with Gasteiger partial charge in [0.25, 0.3) is 5.95 Å². The molecule has 0 aliphatic carbocycles. The number of nitrogens with zero attached hydrogens (tertiary/aromatic N) is 5. The zero-order valence-electron chi connectivity index (χ0n) is 22.4. The fourth-order valence-corrected chi connectivity index (χ4v) is 4.62. The number of nitrogens with two attached hydrogens (primary N) is 1. The molecule has 1 aromatic heterocycles. The van der Waals surface area contributed by atoms with Gasteiger partial charge in [-0.25, -0.2) is 9.97 Å². The van der Waals surface area contributed by atoms with E-state index in [1.165, 1.54) is 0 Å². The van der Waals surface area contributed by atoms with Crippen LogP contribution in [-0.4, -0.2) is 68.3 Å². The van der Waals surface area contributed by atoms with Gasteiger partial charge in [-0.1, -0.05) is 24.3 Å². The Kier molecular flexibility index (Phi) is 7.77. The molecule has 1 saturated heterocycles. The molecule has 0 spiro atoms. The van der Waals surface area contributed by atoms with Crippen LogP contribution in [0, 0.1) is 0 Å². The molecule has 2 N–H and O–H groups in total. The van der Waals surface area contributed by atoms with Gasteiger partial charge in [-0.15, -0.1) is 0 Å². The second kappa shape index (κ2) is 11.7. The normalized spacial score (nSPS) is 13.8. The summed E-state index contributed by atoms with van der Waals surface area (Å²) < 4.78 is 16.2. The lowest BCUT2D eigenvalue weighted by molar-refractivity contribution is 0.375. The van der Waals surface area contributed by atoms with E-state index in [2.05, 4.69) is 25.8 Å². The van der Waals surface area contributed by atoms with Crippen molar-refractivity contribution in [2.75, 3.05) is 52.4 Å². The first-order chi connectivity index (χ1) is 19.1. The Hall–Kier alpha value is -4.79. The SMILES string of the molecule is COc1ccc(-c2cnc(/N=C(\N)N3CCN(c4ccccc4OC)CC3)nc2-c2ccc(OC)cc2)cc1. The lowest BCUT2D eigenvalue weighted by atomic mass is 10.0. The highest BCUT2D eigenvalue weighted by Gasteiger charge is 2.21. The van der Waals surface area contributed by atoms with Gasteiger partial charge in [0.05, 0.1) is 32.7 Å². The summed E-state index contributed by atoms with van der Waals surface area (Å²) in [6.45, 7) is 3.04. The maximum absolute atomic E-state index is 6.45. The Morgan fingerprint density at radius 1 is 0.769 bits per heavy atom. The zero-order chi connectivity index (χ0) is 27.2. The minimum Gasteiger partial charge on any atom is -0.497 e. The van der Waals surface area contributed by atoms with E-state index in [0.717, 1.165) is 71.5 Å². The molecule has 0 bridgehead atoms. The van der Waals surface area contributed by atoms with Crippen LogP contribution in [0.4, 0.5) is 11.6 Å². The third-order valence-corrected chi connectivity index (χ3v) is 6.78. The number of hydrogen-bond donors (Lipinski definition) is 1. The third kappa shape index (κ3) is 5.72. The Morgan fingerprint density at radius 3 is 2.00 bits per heavy atom. The molecule has 2 heterocycles. The van der Waals surface area contributed by atoms with Crippen molar-refractivity contribution < 1.29 is 14.2 Å². The summed E-state index contributed by atoms with van der Waals surface area (Å²) >= 11 is 0. The van der Waals surface area contributed by atoms with E-state index in [1.807, 2.05) is 66.7 Å². The Labute approximate surface area is 228 Å². The fourth-order valence-electron chi connectivity index (χ4n) is 4.62. The molecule has 39 heavy (non-hydrogen) atoms. The van der Waals surface area contributed by atoms with Gasteiger partial charge in [0, 0.05) is 43.5 Å². The van der Waals surface area contributed by atoms with Crippen LogP contribution in [0.3, 0.4) is 0 Å². The minimum atomic E-state index is 0.308. The molecule has 0 radical (unpaired) electrons. The van der Waals surface area contributed by atoms with Crippen molar-refractivity contribution in [3.05, 3.63) is 79.0 Å². The number of piperazine rings is 1. The molecular formula is C30H32N6O3. The van der Waals surface area contributed by atoms with Crippen molar-refractivity contribution >= 4 is 17.6 Å². The molecule has 0 atom stereocenters. The van der Waals surface area contributed by atoms with E-state index in [-0.39, 0.29) is 0 Å². The second-order valence-corrected chi connectivity index (χ2v) is 9.01. The molecule has 9 nitrogen and oxygen atoms in total. The highest BCUT2D eigenvalue weighted by atomic mass is 16.5. The van der Waals surface area contributed by atoms with Crippen molar-refractivity contribution in [1.29, 1.82) is 0 Å². The molecule has 4 aromatic rings. The molecule has 200 valence electrons. The summed E-state index contributed by atoms with van der Waals surface area (Å²) in [5, 5.41) is 0. The van der Waals surface area contributed by atoms with E-state index in [0.29, 0.717) is 11.9 Å². The number of benzene rings is 3. The Morgan fingerprint density at radius 2 is 1.38 bits per heavy atom. The first-order valence-electron chi connectivity index (χ1n) is 12.7. The number of aromatic nitrogens is 2. The topological polar surface area (TPSA) is 98.3 Å². The van der Waals surface area contributed by atoms with E-state index < -0.39 is 0 Å². The van der Waals surface area contributed by atoms with Crippen LogP contribution < -0.4 is 24.8 Å². The second-order valence-electron chi connectivity index (χ2n) is 9.01. The fraction of sp³-hybridized carbons (Fsp3) is 0.233. The number of anilines is 1. The van der Waals surface area contributed by atoms with Crippen LogP contribution in [0.25, 0.3) is 22.4 Å². The van der Waals surface area contributed by atoms with Crippen molar-refractivity contribution in [2.24, 2.45) is 10.7 Å². The smallest absolute Gasteiger partial charge is 0.253 e. The van der Waals surface area contributed by atoms with Gasteiger partial charge in [-0.2, -0.15) is 4.99 Å². The van der Waals surface area contributed by atoms with Crippen LogP contribution in [0.2, 0.25) is 0 Å². The summed E-state index contributed by atoms with van der Waals surface area (Å²) in [7, 11) is 4.99. The number of para-hydroxylation sites is 2. The molecule has 5 rings (SSSR count). The summed E-state index contributed by atoms with van der Waals surface area (Å²) in [5.41, 5.74) is 11.1. The van der Waals surface area contributed by atoms with Gasteiger partial charge in [0.2, 0.25) is 0 Å². The highest BCUT2D eigenvalue weighted by Crippen LogP contribution is 2.33. The Bertz CT molecular complexity index is 1430. The van der Waals surface area contributed by atoms with Gasteiger partial charge in [0.1, 0.15) is 17.2 Å². The molecule has 3 aromatic carbocycles. The number of aliphatic imine (C=N–C) groups is 1. The number of rotatable bonds is 7. The summed E-state index contributed by atoms with van der Waals surface area (Å²) in [6, 6.07) is 23.6. The average Bonchev–Trinajstić information content (AvgIpc) is 3.01. The van der Waals surface area contributed by atoms with Crippen LogP contribution in [0.5, 0.6) is 17.2 Å². The van der Waals surface area contributed by atoms with Crippen LogP contribution in [0.15, 0.2) is 84.0 Å². The molecule has 0 unspecified atom stereocenters. The molecule has 0 amide bonds. The van der Waals surface area contributed by atoms with E-state index in [1.54, 1.807) is 27.5 Å². The van der Waals surface area contributed by atoms with Gasteiger partial charge in [0.15, 0.2) is 5.96 Å². The molecule has 1 fully saturated rings. The van der Waals surface area contributed by atoms with Crippen molar-refractivity contribution in [3.63, 3.8) is 0 Å². The van der Waals surface area contributed by atoms with Crippen LogP contribution in [-0.2, 0) is 0 Å². The molecule has 9 heteroatoms. The maximum atomic E-state index is 6.45. The lowest BCUT2D eigenvalue weighted by Crippen LogP contribution is -2.51. The monoisotopic (exact) mass is 524 g/mol. The average molecular weight is 525 g/mol.